The number of carbonyl (C=O) groups excluding carboxylic acids is 1. The maximum Gasteiger partial charge on any atom is 0.266 e. The van der Waals surface area contributed by atoms with Gasteiger partial charge in [0.05, 0.1) is 11.5 Å². The fourth-order valence-corrected chi connectivity index (χ4v) is 4.40. The minimum atomic E-state index is -0.00769. The van der Waals surface area contributed by atoms with Crippen LogP contribution in [0.4, 0.5) is 0 Å². The number of nitrogens with zero attached hydrogens (tertiary/aromatic N) is 2. The normalized spacial score (nSPS) is 16.5. The zero-order valence-electron chi connectivity index (χ0n) is 17.4. The lowest BCUT2D eigenvalue weighted by Gasteiger charge is -2.13. The summed E-state index contributed by atoms with van der Waals surface area (Å²) in [6.45, 7) is 8.13. The van der Waals surface area contributed by atoms with Crippen LogP contribution in [0.15, 0.2) is 52.4 Å². The van der Waals surface area contributed by atoms with Crippen molar-refractivity contribution in [2.24, 2.45) is 4.99 Å². The first-order valence-corrected chi connectivity index (χ1v) is 11.8. The van der Waals surface area contributed by atoms with Crippen molar-refractivity contribution < 1.29 is 14.3 Å². The molecule has 1 amide bonds. The summed E-state index contributed by atoms with van der Waals surface area (Å²) in [6.07, 6.45) is 1.89. The van der Waals surface area contributed by atoms with E-state index >= 15 is 0 Å². The van der Waals surface area contributed by atoms with E-state index in [0.29, 0.717) is 42.7 Å². The monoisotopic (exact) mass is 536 g/mol. The number of carbonyl (C=O) groups is 1. The minimum Gasteiger partial charge on any atom is -0.490 e. The van der Waals surface area contributed by atoms with Gasteiger partial charge in [0.2, 0.25) is 0 Å². The van der Waals surface area contributed by atoms with E-state index in [1.807, 2.05) is 45.0 Å². The standard InChI is InChI=1S/C23H25IN2O3S/c1-4-25-23-26(5-2)22(27)21(30-23)14-17-9-12-19(20(13-17)28-6-3)29-15-16-7-10-18(24)11-8-16/h7-14H,4-6,15H2,1-3H3/b21-14+,25-23?. The summed E-state index contributed by atoms with van der Waals surface area (Å²) >= 11 is 3.70. The predicted octanol–water partition coefficient (Wildman–Crippen LogP) is 5.58. The molecular weight excluding hydrogens is 511 g/mol. The number of amides is 1. The lowest BCUT2D eigenvalue weighted by atomic mass is 10.1. The van der Waals surface area contributed by atoms with E-state index in [4.69, 9.17) is 9.47 Å². The van der Waals surface area contributed by atoms with E-state index in [9.17, 15) is 4.79 Å². The molecule has 2 aromatic rings. The van der Waals surface area contributed by atoms with Gasteiger partial charge in [0.25, 0.3) is 5.91 Å². The summed E-state index contributed by atoms with van der Waals surface area (Å²) in [5.41, 5.74) is 1.99. The molecule has 0 unspecified atom stereocenters. The molecule has 2 aromatic carbocycles. The summed E-state index contributed by atoms with van der Waals surface area (Å²) < 4.78 is 13.0. The molecule has 0 aromatic heterocycles. The second-order valence-corrected chi connectivity index (χ2v) is 8.73. The number of halogens is 1. The summed E-state index contributed by atoms with van der Waals surface area (Å²) in [5, 5.41) is 0.763. The van der Waals surface area contributed by atoms with Crippen molar-refractivity contribution in [1.29, 1.82) is 0 Å². The highest BCUT2D eigenvalue weighted by Crippen LogP contribution is 2.35. The van der Waals surface area contributed by atoms with Crippen molar-refractivity contribution in [3.8, 4) is 11.5 Å². The molecule has 1 aliphatic rings. The van der Waals surface area contributed by atoms with Crippen molar-refractivity contribution >= 4 is 51.5 Å². The van der Waals surface area contributed by atoms with Crippen LogP contribution in [0.1, 0.15) is 31.9 Å². The van der Waals surface area contributed by atoms with Crippen molar-refractivity contribution in [2.75, 3.05) is 19.7 Å². The Morgan fingerprint density at radius 1 is 1.07 bits per heavy atom. The molecule has 5 nitrogen and oxygen atoms in total. The Bertz CT molecular complexity index is 957. The SMILES string of the molecule is CCN=C1S/C(=C/c2ccc(OCc3ccc(I)cc3)c(OCC)c2)C(=O)N1CC. The lowest BCUT2D eigenvalue weighted by Crippen LogP contribution is -2.28. The lowest BCUT2D eigenvalue weighted by molar-refractivity contribution is -0.122. The number of amidine groups is 1. The van der Waals surface area contributed by atoms with Crippen LogP contribution >= 0.6 is 34.4 Å². The third-order valence-corrected chi connectivity index (χ3v) is 6.13. The number of rotatable bonds is 8. The first-order chi connectivity index (χ1) is 14.5. The molecule has 0 bridgehead atoms. The van der Waals surface area contributed by atoms with Gasteiger partial charge in [-0.05, 0) is 96.6 Å². The van der Waals surface area contributed by atoms with Crippen molar-refractivity contribution in [2.45, 2.75) is 27.4 Å². The van der Waals surface area contributed by atoms with E-state index in [1.54, 1.807) is 4.90 Å². The number of benzene rings is 2. The van der Waals surface area contributed by atoms with E-state index in [2.05, 4.69) is 51.8 Å². The second kappa shape index (κ2) is 10.9. The van der Waals surface area contributed by atoms with Gasteiger partial charge in [-0.2, -0.15) is 0 Å². The molecule has 7 heteroatoms. The molecule has 3 rings (SSSR count). The van der Waals surface area contributed by atoms with Crippen LogP contribution in [0.5, 0.6) is 11.5 Å². The van der Waals surface area contributed by atoms with Crippen LogP contribution in [0.3, 0.4) is 0 Å². The molecule has 1 saturated heterocycles. The Morgan fingerprint density at radius 3 is 2.50 bits per heavy atom. The molecule has 0 aliphatic carbocycles. The molecule has 0 spiro atoms. The minimum absolute atomic E-state index is 0.00769. The topological polar surface area (TPSA) is 51.1 Å². The molecule has 1 fully saturated rings. The first-order valence-electron chi connectivity index (χ1n) is 9.95. The smallest absolute Gasteiger partial charge is 0.266 e. The quantitative estimate of drug-likeness (QED) is 0.327. The van der Waals surface area contributed by atoms with Crippen LogP contribution in [0.25, 0.3) is 6.08 Å². The summed E-state index contributed by atoms with van der Waals surface area (Å²) in [5.74, 6) is 1.35. The molecule has 1 heterocycles. The number of ether oxygens (including phenoxy) is 2. The highest BCUT2D eigenvalue weighted by molar-refractivity contribution is 14.1. The third kappa shape index (κ3) is 5.57. The summed E-state index contributed by atoms with van der Waals surface area (Å²) in [4.78, 5) is 19.5. The van der Waals surface area contributed by atoms with Gasteiger partial charge >= 0.3 is 0 Å². The number of hydrogen-bond acceptors (Lipinski definition) is 5. The molecule has 158 valence electrons. The molecule has 30 heavy (non-hydrogen) atoms. The zero-order chi connectivity index (χ0) is 21.5. The molecule has 0 saturated carbocycles. The van der Waals surface area contributed by atoms with Crippen LogP contribution < -0.4 is 9.47 Å². The van der Waals surface area contributed by atoms with Gasteiger partial charge in [0, 0.05) is 16.7 Å². The number of likely N-dealkylation sites (N-methyl/N-ethyl adjacent to an activating group) is 1. The largest absolute Gasteiger partial charge is 0.490 e. The molecule has 0 N–H and O–H groups in total. The zero-order valence-corrected chi connectivity index (χ0v) is 20.3. The molecular formula is C23H25IN2O3S. The summed E-state index contributed by atoms with van der Waals surface area (Å²) in [6, 6.07) is 14.0. The summed E-state index contributed by atoms with van der Waals surface area (Å²) in [7, 11) is 0. The van der Waals surface area contributed by atoms with Crippen molar-refractivity contribution in [1.82, 2.24) is 4.90 Å². The maximum atomic E-state index is 12.7. The Labute approximate surface area is 195 Å². The highest BCUT2D eigenvalue weighted by atomic mass is 127. The Balaban J connectivity index is 1.80. The average molecular weight is 536 g/mol. The van der Waals surface area contributed by atoms with Gasteiger partial charge in [-0.1, -0.05) is 18.2 Å². The average Bonchev–Trinajstić information content (AvgIpc) is 3.03. The number of aliphatic imine (C=N–C) groups is 1. The van der Waals surface area contributed by atoms with Gasteiger partial charge in [-0.3, -0.25) is 14.7 Å². The van der Waals surface area contributed by atoms with Gasteiger partial charge < -0.3 is 9.47 Å². The Hall–Kier alpha value is -2.00. The van der Waals surface area contributed by atoms with Gasteiger partial charge in [0.1, 0.15) is 6.61 Å². The van der Waals surface area contributed by atoms with Crippen molar-refractivity contribution in [3.05, 3.63) is 62.1 Å². The van der Waals surface area contributed by atoms with Crippen LogP contribution in [0.2, 0.25) is 0 Å². The second-order valence-electron chi connectivity index (χ2n) is 6.47. The van der Waals surface area contributed by atoms with Gasteiger partial charge in [0.15, 0.2) is 16.7 Å². The van der Waals surface area contributed by atoms with Crippen molar-refractivity contribution in [3.63, 3.8) is 0 Å². The Kier molecular flexibility index (Phi) is 8.21. The molecule has 0 radical (unpaired) electrons. The van der Waals surface area contributed by atoms with Crippen LogP contribution in [-0.4, -0.2) is 35.7 Å². The predicted molar refractivity (Wildman–Crippen MR) is 132 cm³/mol. The first kappa shape index (κ1) is 22.7. The third-order valence-electron chi connectivity index (χ3n) is 4.37. The van der Waals surface area contributed by atoms with E-state index < -0.39 is 0 Å². The highest BCUT2D eigenvalue weighted by Gasteiger charge is 2.31. The van der Waals surface area contributed by atoms with Crippen LogP contribution in [-0.2, 0) is 11.4 Å². The van der Waals surface area contributed by atoms with E-state index in [0.717, 1.165) is 16.3 Å². The van der Waals surface area contributed by atoms with E-state index in [-0.39, 0.29) is 5.91 Å². The van der Waals surface area contributed by atoms with Crippen LogP contribution in [0, 0.1) is 3.57 Å². The Morgan fingerprint density at radius 2 is 1.83 bits per heavy atom. The maximum absolute atomic E-state index is 12.7. The van der Waals surface area contributed by atoms with Gasteiger partial charge in [-0.25, -0.2) is 0 Å². The fraction of sp³-hybridized carbons (Fsp3) is 0.304. The van der Waals surface area contributed by atoms with E-state index in [1.165, 1.54) is 15.3 Å². The fourth-order valence-electron chi connectivity index (χ4n) is 2.94. The number of thioether (sulfide) groups is 1. The number of hydrogen-bond donors (Lipinski definition) is 0. The van der Waals surface area contributed by atoms with Gasteiger partial charge in [-0.15, -0.1) is 0 Å². The molecule has 0 atom stereocenters. The molecule has 1 aliphatic heterocycles.